The zero-order chi connectivity index (χ0) is 15.4. The normalized spacial score (nSPS) is 10.3. The highest BCUT2D eigenvalue weighted by atomic mass is 35.5. The van der Waals surface area contributed by atoms with E-state index in [1.165, 1.54) is 0 Å². The van der Waals surface area contributed by atoms with Crippen LogP contribution < -0.4 is 10.2 Å². The number of hydrogen-bond acceptors (Lipinski definition) is 3. The summed E-state index contributed by atoms with van der Waals surface area (Å²) in [5.74, 6) is -0.0730. The molecule has 2 rings (SSSR count). The van der Waals surface area contributed by atoms with Gasteiger partial charge in [-0.25, -0.2) is 4.98 Å². The van der Waals surface area contributed by atoms with Gasteiger partial charge in [-0.15, -0.1) is 0 Å². The fourth-order valence-corrected chi connectivity index (χ4v) is 2.25. The first-order valence-corrected chi connectivity index (χ1v) is 7.02. The number of aryl methyl sites for hydroxylation is 1. The number of nitrogens with one attached hydrogen (secondary N) is 1. The van der Waals surface area contributed by atoms with Crippen molar-refractivity contribution in [3.05, 3.63) is 52.8 Å². The molecule has 0 aliphatic carbocycles. The van der Waals surface area contributed by atoms with Gasteiger partial charge in [0.2, 0.25) is 5.91 Å². The number of carbonyl (C=O) groups excluding carboxylic acids is 1. The molecule has 1 heterocycles. The fourth-order valence-electron chi connectivity index (χ4n) is 2.14. The Kier molecular flexibility index (Phi) is 4.81. The van der Waals surface area contributed by atoms with Crippen molar-refractivity contribution in [2.75, 3.05) is 24.3 Å². The maximum atomic E-state index is 12.0. The summed E-state index contributed by atoms with van der Waals surface area (Å²) in [4.78, 5) is 18.0. The van der Waals surface area contributed by atoms with Crippen LogP contribution in [0.2, 0.25) is 5.15 Å². The van der Waals surface area contributed by atoms with E-state index in [0.717, 1.165) is 22.5 Å². The van der Waals surface area contributed by atoms with Crippen LogP contribution in [0, 0.1) is 6.92 Å². The molecular weight excluding hydrogens is 286 g/mol. The SMILES string of the molecule is Cc1cc(NC(=O)Cc2ccc(Cl)nc2)ccc1N(C)C. The molecule has 0 fully saturated rings. The van der Waals surface area contributed by atoms with Crippen molar-refractivity contribution in [3.8, 4) is 0 Å². The smallest absolute Gasteiger partial charge is 0.228 e. The van der Waals surface area contributed by atoms with E-state index in [0.29, 0.717) is 5.15 Å². The Balaban J connectivity index is 2.02. The van der Waals surface area contributed by atoms with E-state index in [2.05, 4.69) is 10.3 Å². The molecule has 0 saturated carbocycles. The molecule has 0 aliphatic rings. The zero-order valence-corrected chi connectivity index (χ0v) is 13.1. The lowest BCUT2D eigenvalue weighted by Gasteiger charge is -2.16. The second kappa shape index (κ2) is 6.59. The van der Waals surface area contributed by atoms with Crippen LogP contribution >= 0.6 is 11.6 Å². The summed E-state index contributed by atoms with van der Waals surface area (Å²) in [7, 11) is 3.99. The highest BCUT2D eigenvalue weighted by Gasteiger charge is 2.07. The summed E-state index contributed by atoms with van der Waals surface area (Å²) in [6.45, 7) is 2.02. The van der Waals surface area contributed by atoms with Gasteiger partial charge in [0, 0.05) is 31.7 Å². The molecule has 110 valence electrons. The molecule has 4 nitrogen and oxygen atoms in total. The average Bonchev–Trinajstić information content (AvgIpc) is 2.41. The molecule has 21 heavy (non-hydrogen) atoms. The summed E-state index contributed by atoms with van der Waals surface area (Å²) in [5, 5.41) is 3.32. The van der Waals surface area contributed by atoms with Crippen LogP contribution in [-0.2, 0) is 11.2 Å². The van der Waals surface area contributed by atoms with Crippen molar-refractivity contribution in [1.29, 1.82) is 0 Å². The molecule has 1 aromatic carbocycles. The summed E-state index contributed by atoms with van der Waals surface area (Å²) in [6, 6.07) is 9.35. The molecule has 0 atom stereocenters. The van der Waals surface area contributed by atoms with Crippen molar-refractivity contribution >= 4 is 28.9 Å². The Labute approximate surface area is 129 Å². The zero-order valence-electron chi connectivity index (χ0n) is 12.4. The summed E-state index contributed by atoms with van der Waals surface area (Å²) in [6.07, 6.45) is 1.89. The average molecular weight is 304 g/mol. The topological polar surface area (TPSA) is 45.2 Å². The Morgan fingerprint density at radius 3 is 2.62 bits per heavy atom. The van der Waals surface area contributed by atoms with Gasteiger partial charge in [0.1, 0.15) is 5.15 Å². The van der Waals surface area contributed by atoms with E-state index in [-0.39, 0.29) is 12.3 Å². The quantitative estimate of drug-likeness (QED) is 0.882. The lowest BCUT2D eigenvalue weighted by Crippen LogP contribution is -2.15. The third-order valence-corrected chi connectivity index (χ3v) is 3.34. The van der Waals surface area contributed by atoms with Gasteiger partial charge < -0.3 is 10.2 Å². The lowest BCUT2D eigenvalue weighted by atomic mass is 10.1. The van der Waals surface area contributed by atoms with E-state index in [1.54, 1.807) is 18.3 Å². The third kappa shape index (κ3) is 4.20. The molecular formula is C16H18ClN3O. The van der Waals surface area contributed by atoms with Crippen LogP contribution in [0.4, 0.5) is 11.4 Å². The van der Waals surface area contributed by atoms with E-state index in [9.17, 15) is 4.79 Å². The highest BCUT2D eigenvalue weighted by molar-refractivity contribution is 6.29. The maximum absolute atomic E-state index is 12.0. The van der Waals surface area contributed by atoms with Gasteiger partial charge in [-0.05, 0) is 42.3 Å². The molecule has 0 aliphatic heterocycles. The second-order valence-electron chi connectivity index (χ2n) is 5.11. The van der Waals surface area contributed by atoms with Gasteiger partial charge in [-0.2, -0.15) is 0 Å². The number of nitrogens with zero attached hydrogens (tertiary/aromatic N) is 2. The van der Waals surface area contributed by atoms with Crippen molar-refractivity contribution in [3.63, 3.8) is 0 Å². The lowest BCUT2D eigenvalue weighted by molar-refractivity contribution is -0.115. The molecule has 0 bridgehead atoms. The number of hydrogen-bond donors (Lipinski definition) is 1. The van der Waals surface area contributed by atoms with Gasteiger partial charge in [0.25, 0.3) is 0 Å². The molecule has 0 saturated heterocycles. The van der Waals surface area contributed by atoms with Crippen LogP contribution in [0.3, 0.4) is 0 Å². The highest BCUT2D eigenvalue weighted by Crippen LogP contribution is 2.21. The van der Waals surface area contributed by atoms with Gasteiger partial charge in [0.15, 0.2) is 0 Å². The van der Waals surface area contributed by atoms with Crippen LogP contribution in [0.1, 0.15) is 11.1 Å². The molecule has 1 amide bonds. The number of halogens is 1. The number of rotatable bonds is 4. The van der Waals surface area contributed by atoms with Crippen molar-refractivity contribution in [2.24, 2.45) is 0 Å². The number of pyridine rings is 1. The number of anilines is 2. The maximum Gasteiger partial charge on any atom is 0.228 e. The van der Waals surface area contributed by atoms with Crippen molar-refractivity contribution in [1.82, 2.24) is 4.98 Å². The predicted molar refractivity (Wildman–Crippen MR) is 87.1 cm³/mol. The first-order valence-electron chi connectivity index (χ1n) is 6.64. The molecule has 2 aromatic rings. The summed E-state index contributed by atoms with van der Waals surface area (Å²) >= 11 is 5.72. The van der Waals surface area contributed by atoms with E-state index >= 15 is 0 Å². The Bertz CT molecular complexity index is 638. The van der Waals surface area contributed by atoms with Gasteiger partial charge >= 0.3 is 0 Å². The predicted octanol–water partition coefficient (Wildman–Crippen LogP) is 3.29. The van der Waals surface area contributed by atoms with Gasteiger partial charge in [0.05, 0.1) is 6.42 Å². The van der Waals surface area contributed by atoms with Crippen LogP contribution in [-0.4, -0.2) is 25.0 Å². The van der Waals surface area contributed by atoms with E-state index in [4.69, 9.17) is 11.6 Å². The fraction of sp³-hybridized carbons (Fsp3) is 0.250. The van der Waals surface area contributed by atoms with Crippen molar-refractivity contribution < 1.29 is 4.79 Å². The first kappa shape index (κ1) is 15.3. The van der Waals surface area contributed by atoms with Crippen LogP contribution in [0.25, 0.3) is 0 Å². The summed E-state index contributed by atoms with van der Waals surface area (Å²) in [5.41, 5.74) is 3.88. The van der Waals surface area contributed by atoms with Crippen LogP contribution in [0.5, 0.6) is 0 Å². The van der Waals surface area contributed by atoms with E-state index < -0.39 is 0 Å². The molecule has 0 spiro atoms. The second-order valence-corrected chi connectivity index (χ2v) is 5.50. The molecule has 0 unspecified atom stereocenters. The Hall–Kier alpha value is -2.07. The minimum Gasteiger partial charge on any atom is -0.377 e. The largest absolute Gasteiger partial charge is 0.377 e. The first-order chi connectivity index (χ1) is 9.95. The monoisotopic (exact) mass is 303 g/mol. The van der Waals surface area contributed by atoms with Gasteiger partial charge in [-0.1, -0.05) is 17.7 Å². The molecule has 0 radical (unpaired) electrons. The van der Waals surface area contributed by atoms with E-state index in [1.807, 2.05) is 44.1 Å². The number of aromatic nitrogens is 1. The standard InChI is InChI=1S/C16H18ClN3O/c1-11-8-13(5-6-14(11)20(2)3)19-16(21)9-12-4-7-15(17)18-10-12/h4-8,10H,9H2,1-3H3,(H,19,21). The minimum absolute atomic E-state index is 0.0730. The summed E-state index contributed by atoms with van der Waals surface area (Å²) < 4.78 is 0. The van der Waals surface area contributed by atoms with Crippen LogP contribution in [0.15, 0.2) is 36.5 Å². The molecule has 5 heteroatoms. The number of carbonyl (C=O) groups is 1. The third-order valence-electron chi connectivity index (χ3n) is 3.12. The minimum atomic E-state index is -0.0730. The van der Waals surface area contributed by atoms with Crippen molar-refractivity contribution in [2.45, 2.75) is 13.3 Å². The van der Waals surface area contributed by atoms with Gasteiger partial charge in [-0.3, -0.25) is 4.79 Å². The molecule has 1 aromatic heterocycles. The number of amides is 1. The Morgan fingerprint density at radius 2 is 2.05 bits per heavy atom. The Morgan fingerprint density at radius 1 is 1.29 bits per heavy atom. The number of benzene rings is 1. The molecule has 1 N–H and O–H groups in total.